The van der Waals surface area contributed by atoms with Crippen LogP contribution in [0.2, 0.25) is 0 Å². The Balaban J connectivity index is 0.00000385. The summed E-state index contributed by atoms with van der Waals surface area (Å²) in [5.74, 6) is 0.733. The predicted molar refractivity (Wildman–Crippen MR) is 140 cm³/mol. The molecule has 10 heteroatoms. The van der Waals surface area contributed by atoms with Gasteiger partial charge in [0, 0.05) is 70.4 Å². The number of guanidine groups is 1. The lowest BCUT2D eigenvalue weighted by Crippen LogP contribution is -2.49. The summed E-state index contributed by atoms with van der Waals surface area (Å²) in [6.45, 7) is 9.27. The molecule has 184 valence electrons. The molecule has 0 radical (unpaired) electrons. The Labute approximate surface area is 213 Å². The van der Waals surface area contributed by atoms with Crippen molar-refractivity contribution in [1.82, 2.24) is 20.4 Å². The zero-order chi connectivity index (χ0) is 22.9. The topological polar surface area (TPSA) is 80.3 Å². The molecular weight excluding hydrogens is 538 g/mol. The second-order valence-corrected chi connectivity index (χ2v) is 8.18. The van der Waals surface area contributed by atoms with Crippen LogP contribution in [0, 0.1) is 5.82 Å². The summed E-state index contributed by atoms with van der Waals surface area (Å²) in [5.41, 5.74) is 0.982. The van der Waals surface area contributed by atoms with E-state index in [-0.39, 0.29) is 47.7 Å². The number of benzene rings is 1. The van der Waals surface area contributed by atoms with Gasteiger partial charge in [0.15, 0.2) is 5.96 Å². The van der Waals surface area contributed by atoms with Crippen molar-refractivity contribution in [2.75, 3.05) is 57.3 Å². The van der Waals surface area contributed by atoms with Gasteiger partial charge in [-0.15, -0.1) is 24.0 Å². The molecule has 1 unspecified atom stereocenters. The Kier molecular flexibility index (Phi) is 11.2. The van der Waals surface area contributed by atoms with Gasteiger partial charge in [-0.3, -0.25) is 14.6 Å². The first-order valence-electron chi connectivity index (χ1n) is 11.6. The highest BCUT2D eigenvalue weighted by molar-refractivity contribution is 14.0. The Morgan fingerprint density at radius 3 is 2.36 bits per heavy atom. The third kappa shape index (κ3) is 8.01. The molecule has 33 heavy (non-hydrogen) atoms. The van der Waals surface area contributed by atoms with Crippen molar-refractivity contribution >= 4 is 47.4 Å². The number of anilines is 1. The summed E-state index contributed by atoms with van der Waals surface area (Å²) in [4.78, 5) is 35.0. The maximum atomic E-state index is 13.1. The normalized spacial score (nSPS) is 18.7. The Morgan fingerprint density at radius 1 is 1.03 bits per heavy atom. The van der Waals surface area contributed by atoms with Gasteiger partial charge in [0.1, 0.15) is 5.82 Å². The van der Waals surface area contributed by atoms with Gasteiger partial charge in [-0.25, -0.2) is 4.39 Å². The van der Waals surface area contributed by atoms with E-state index in [0.29, 0.717) is 45.0 Å². The van der Waals surface area contributed by atoms with E-state index in [1.165, 1.54) is 12.1 Å². The van der Waals surface area contributed by atoms with Crippen LogP contribution in [0.3, 0.4) is 0 Å². The zero-order valence-corrected chi connectivity index (χ0v) is 21.9. The summed E-state index contributed by atoms with van der Waals surface area (Å²) in [5, 5.41) is 6.62. The highest BCUT2D eigenvalue weighted by Gasteiger charge is 2.26. The molecule has 1 aromatic carbocycles. The van der Waals surface area contributed by atoms with Crippen LogP contribution in [0.15, 0.2) is 29.3 Å². The number of rotatable bonds is 7. The van der Waals surface area contributed by atoms with Crippen LogP contribution in [-0.2, 0) is 9.59 Å². The second kappa shape index (κ2) is 13.6. The van der Waals surface area contributed by atoms with Crippen LogP contribution in [0.4, 0.5) is 10.1 Å². The van der Waals surface area contributed by atoms with Gasteiger partial charge >= 0.3 is 0 Å². The van der Waals surface area contributed by atoms with Crippen LogP contribution < -0.4 is 15.5 Å². The summed E-state index contributed by atoms with van der Waals surface area (Å²) in [6, 6.07) is 6.66. The number of piperazine rings is 1. The van der Waals surface area contributed by atoms with Crippen molar-refractivity contribution in [3.05, 3.63) is 30.1 Å². The minimum Gasteiger partial charge on any atom is -0.368 e. The first-order chi connectivity index (χ1) is 15.5. The molecule has 3 rings (SSSR count). The first kappa shape index (κ1) is 27.1. The van der Waals surface area contributed by atoms with Crippen molar-refractivity contribution in [1.29, 1.82) is 0 Å². The molecule has 2 fully saturated rings. The Hall–Kier alpha value is -2.11. The van der Waals surface area contributed by atoms with Gasteiger partial charge in [-0.2, -0.15) is 0 Å². The number of likely N-dealkylation sites (tertiary alicyclic amines) is 1. The molecule has 2 aliphatic rings. The number of hydrogen-bond acceptors (Lipinski definition) is 4. The molecule has 8 nitrogen and oxygen atoms in total. The molecule has 0 bridgehead atoms. The van der Waals surface area contributed by atoms with E-state index in [1.807, 2.05) is 23.6 Å². The molecule has 2 N–H and O–H groups in total. The molecule has 2 saturated heterocycles. The standard InChI is InChI=1S/C23H35FN6O2.HI/c1-3-21(31)30-12-10-19(17-30)27-23(25-4-2)26-11-9-22(32)29-15-13-28(14-16-29)20-7-5-18(24)6-8-20;/h5-8,19H,3-4,9-17H2,1-2H3,(H2,25,26,27);1H. The second-order valence-electron chi connectivity index (χ2n) is 8.18. The lowest BCUT2D eigenvalue weighted by atomic mass is 10.2. The quantitative estimate of drug-likeness (QED) is 0.296. The van der Waals surface area contributed by atoms with Crippen LogP contribution in [-0.4, -0.2) is 86.0 Å². The van der Waals surface area contributed by atoms with E-state index in [1.54, 1.807) is 12.1 Å². The number of nitrogens with one attached hydrogen (secondary N) is 2. The van der Waals surface area contributed by atoms with Crippen LogP contribution >= 0.6 is 24.0 Å². The monoisotopic (exact) mass is 574 g/mol. The van der Waals surface area contributed by atoms with E-state index in [4.69, 9.17) is 0 Å². The molecular formula is C23H36FIN6O2. The molecule has 1 aromatic rings. The van der Waals surface area contributed by atoms with E-state index in [2.05, 4.69) is 20.5 Å². The molecule has 0 spiro atoms. The SMILES string of the molecule is CCNC(=NCCC(=O)N1CCN(c2ccc(F)cc2)CC1)NC1CCN(C(=O)CC)C1.I. The number of halogens is 2. The average molecular weight is 574 g/mol. The molecule has 0 aromatic heterocycles. The maximum absolute atomic E-state index is 13.1. The summed E-state index contributed by atoms with van der Waals surface area (Å²) in [6.07, 6.45) is 1.78. The number of amides is 2. The summed E-state index contributed by atoms with van der Waals surface area (Å²) >= 11 is 0. The fourth-order valence-corrected chi connectivity index (χ4v) is 4.13. The van der Waals surface area contributed by atoms with Gasteiger partial charge < -0.3 is 25.3 Å². The van der Waals surface area contributed by atoms with E-state index < -0.39 is 0 Å². The van der Waals surface area contributed by atoms with Crippen molar-refractivity contribution in [2.24, 2.45) is 4.99 Å². The van der Waals surface area contributed by atoms with Crippen molar-refractivity contribution < 1.29 is 14.0 Å². The Morgan fingerprint density at radius 2 is 1.73 bits per heavy atom. The van der Waals surface area contributed by atoms with Gasteiger partial charge in [0.05, 0.1) is 6.54 Å². The van der Waals surface area contributed by atoms with E-state index in [0.717, 1.165) is 38.3 Å². The largest absolute Gasteiger partial charge is 0.368 e. The minimum absolute atomic E-state index is 0. The smallest absolute Gasteiger partial charge is 0.224 e. The fraction of sp³-hybridized carbons (Fsp3) is 0.609. The van der Waals surface area contributed by atoms with E-state index >= 15 is 0 Å². The number of aliphatic imine (C=N–C) groups is 1. The Bertz CT molecular complexity index is 799. The van der Waals surface area contributed by atoms with Crippen LogP contribution in [0.25, 0.3) is 0 Å². The number of hydrogen-bond donors (Lipinski definition) is 2. The molecule has 1 atom stereocenters. The number of carbonyl (C=O) groups excluding carboxylic acids is 2. The third-order valence-corrected chi connectivity index (χ3v) is 5.95. The van der Waals surface area contributed by atoms with Crippen molar-refractivity contribution in [3.8, 4) is 0 Å². The molecule has 2 amide bonds. The van der Waals surface area contributed by atoms with Crippen molar-refractivity contribution in [3.63, 3.8) is 0 Å². The predicted octanol–water partition coefficient (Wildman–Crippen LogP) is 2.05. The van der Waals surface area contributed by atoms with Gasteiger partial charge in [-0.05, 0) is 37.6 Å². The highest BCUT2D eigenvalue weighted by Crippen LogP contribution is 2.17. The minimum atomic E-state index is -0.241. The van der Waals surface area contributed by atoms with Gasteiger partial charge in [0.2, 0.25) is 11.8 Å². The third-order valence-electron chi connectivity index (χ3n) is 5.95. The molecule has 0 saturated carbocycles. The average Bonchev–Trinajstić information content (AvgIpc) is 3.27. The van der Waals surface area contributed by atoms with Gasteiger partial charge in [0.25, 0.3) is 0 Å². The van der Waals surface area contributed by atoms with E-state index in [9.17, 15) is 14.0 Å². The number of nitrogens with zero attached hydrogens (tertiary/aromatic N) is 4. The molecule has 0 aliphatic carbocycles. The summed E-state index contributed by atoms with van der Waals surface area (Å²) in [7, 11) is 0. The van der Waals surface area contributed by atoms with Crippen LogP contribution in [0.5, 0.6) is 0 Å². The molecule has 2 aliphatic heterocycles. The lowest BCUT2D eigenvalue weighted by Gasteiger charge is -2.36. The lowest BCUT2D eigenvalue weighted by molar-refractivity contribution is -0.131. The van der Waals surface area contributed by atoms with Crippen molar-refractivity contribution in [2.45, 2.75) is 39.2 Å². The molecule has 2 heterocycles. The maximum Gasteiger partial charge on any atom is 0.224 e. The zero-order valence-electron chi connectivity index (χ0n) is 19.6. The fourth-order valence-electron chi connectivity index (χ4n) is 4.13. The van der Waals surface area contributed by atoms with Gasteiger partial charge in [-0.1, -0.05) is 6.92 Å². The number of carbonyl (C=O) groups is 2. The van der Waals surface area contributed by atoms with Crippen LogP contribution in [0.1, 0.15) is 33.1 Å². The summed E-state index contributed by atoms with van der Waals surface area (Å²) < 4.78 is 13.1. The first-order valence-corrected chi connectivity index (χ1v) is 11.6. The highest BCUT2D eigenvalue weighted by atomic mass is 127.